The summed E-state index contributed by atoms with van der Waals surface area (Å²) in [6, 6.07) is -1.05. The molecule has 3 unspecified atom stereocenters. The minimum absolute atomic E-state index is 0.0580. The molecule has 0 amide bonds. The van der Waals surface area contributed by atoms with Crippen molar-refractivity contribution in [3.63, 3.8) is 0 Å². The highest BCUT2D eigenvalue weighted by molar-refractivity contribution is 7.47. The smallest absolute Gasteiger partial charge is 0.382 e. The van der Waals surface area contributed by atoms with E-state index >= 15 is 8.78 Å². The second-order valence-electron chi connectivity index (χ2n) is 11.2. The van der Waals surface area contributed by atoms with Gasteiger partial charge in [0.1, 0.15) is 36.3 Å². The van der Waals surface area contributed by atoms with Crippen LogP contribution in [-0.2, 0) is 32.0 Å². The molecule has 240 valence electrons. The molecule has 11 atom stereocenters. The van der Waals surface area contributed by atoms with Gasteiger partial charge >= 0.3 is 15.6 Å². The minimum atomic E-state index is -5.08. The van der Waals surface area contributed by atoms with E-state index in [2.05, 4.69) is 29.9 Å². The number of fused-ring (bicyclic) bond motifs is 3. The van der Waals surface area contributed by atoms with Gasteiger partial charge in [-0.2, -0.15) is 0 Å². The van der Waals surface area contributed by atoms with Crippen LogP contribution < -0.4 is 11.3 Å². The maximum Gasteiger partial charge on any atom is 0.472 e. The van der Waals surface area contributed by atoms with Gasteiger partial charge in [0.15, 0.2) is 35.0 Å². The molecule has 0 bridgehead atoms. The summed E-state index contributed by atoms with van der Waals surface area (Å²) in [5.41, 5.74) is 4.09. The van der Waals surface area contributed by atoms with Gasteiger partial charge in [-0.3, -0.25) is 27.5 Å². The normalized spacial score (nSPS) is 41.7. The lowest BCUT2D eigenvalue weighted by Crippen LogP contribution is -2.38. The maximum absolute atomic E-state index is 16.2. The van der Waals surface area contributed by atoms with E-state index in [0.29, 0.717) is 0 Å². The highest BCUT2D eigenvalue weighted by Crippen LogP contribution is 2.72. The Labute approximate surface area is 248 Å². The molecule has 19 nitrogen and oxygen atoms in total. The number of aromatic nitrogens is 8. The molecule has 1 spiro atoms. The molecule has 8 rings (SSSR count). The van der Waals surface area contributed by atoms with Crippen molar-refractivity contribution in [2.45, 2.75) is 49.3 Å². The first-order chi connectivity index (χ1) is 21.4. The SMILES string of the molecule is Nc1ncnc2c1ncn2[C@H]1[C@H](F)[C@@H]2OP(=O)(O)OC[C@H]3O[C@@H](n4cnc5c(=O)[nH]cnc54)[C@H](F)[C@@H]3OP(=O)(O)OCC23C[C@H]13. The Balaban J connectivity index is 1.11. The Morgan fingerprint density at radius 3 is 2.53 bits per heavy atom. The van der Waals surface area contributed by atoms with E-state index < -0.39 is 88.7 Å². The lowest BCUT2D eigenvalue weighted by molar-refractivity contribution is -0.0591. The van der Waals surface area contributed by atoms with Gasteiger partial charge < -0.3 is 29.8 Å². The molecule has 6 heterocycles. The van der Waals surface area contributed by atoms with E-state index in [-0.39, 0.29) is 34.6 Å². The van der Waals surface area contributed by atoms with Gasteiger partial charge in [-0.25, -0.2) is 42.8 Å². The van der Waals surface area contributed by atoms with Crippen LogP contribution in [0.4, 0.5) is 14.6 Å². The zero-order valence-corrected chi connectivity index (χ0v) is 24.4. The number of anilines is 1. The van der Waals surface area contributed by atoms with Gasteiger partial charge in [0.05, 0.1) is 38.2 Å². The Hall–Kier alpha value is -3.26. The van der Waals surface area contributed by atoms with Crippen LogP contribution in [0, 0.1) is 11.3 Å². The summed E-state index contributed by atoms with van der Waals surface area (Å²) in [6.07, 6.45) is -6.15. The van der Waals surface area contributed by atoms with Crippen LogP contribution in [0.25, 0.3) is 22.3 Å². The largest absolute Gasteiger partial charge is 0.472 e. The fraction of sp³-hybridized carbons (Fsp3) is 0.545. The number of ether oxygens (including phenoxy) is 1. The monoisotopic (exact) mass is 673 g/mol. The van der Waals surface area contributed by atoms with E-state index in [1.807, 2.05) is 0 Å². The number of nitrogens with one attached hydrogen (secondary N) is 1. The molecule has 2 saturated heterocycles. The second kappa shape index (κ2) is 9.87. The number of halogens is 2. The summed E-state index contributed by atoms with van der Waals surface area (Å²) in [4.78, 5) is 55.8. The maximum atomic E-state index is 16.2. The number of phosphoric ester groups is 2. The van der Waals surface area contributed by atoms with E-state index in [0.717, 1.165) is 17.2 Å². The van der Waals surface area contributed by atoms with E-state index in [4.69, 9.17) is 28.6 Å². The molecule has 4 aromatic heterocycles. The number of rotatable bonds is 2. The third-order valence-electron chi connectivity index (χ3n) is 8.79. The Kier molecular flexibility index (Phi) is 6.40. The van der Waals surface area contributed by atoms with Crippen molar-refractivity contribution in [1.82, 2.24) is 39.0 Å². The van der Waals surface area contributed by atoms with Crippen LogP contribution in [0.2, 0.25) is 0 Å². The van der Waals surface area contributed by atoms with Crippen LogP contribution in [0.15, 0.2) is 30.1 Å². The van der Waals surface area contributed by atoms with Crippen LogP contribution >= 0.6 is 15.6 Å². The molecule has 23 heteroatoms. The Morgan fingerprint density at radius 1 is 0.978 bits per heavy atom. The summed E-state index contributed by atoms with van der Waals surface area (Å²) < 4.78 is 87.6. The molecule has 0 aromatic carbocycles. The van der Waals surface area contributed by atoms with Crippen molar-refractivity contribution >= 4 is 43.8 Å². The van der Waals surface area contributed by atoms with Crippen LogP contribution in [-0.4, -0.2) is 92.7 Å². The number of imidazole rings is 2. The van der Waals surface area contributed by atoms with Crippen LogP contribution in [0.3, 0.4) is 0 Å². The Morgan fingerprint density at radius 2 is 1.71 bits per heavy atom. The van der Waals surface area contributed by atoms with Crippen molar-refractivity contribution < 1.29 is 50.5 Å². The highest BCUT2D eigenvalue weighted by Gasteiger charge is 2.75. The molecule has 2 saturated carbocycles. The van der Waals surface area contributed by atoms with E-state index in [1.165, 1.54) is 17.2 Å². The molecule has 4 aromatic rings. The number of hydrogen-bond acceptors (Lipinski definition) is 14. The fourth-order valence-electron chi connectivity index (χ4n) is 6.66. The summed E-state index contributed by atoms with van der Waals surface area (Å²) in [6.45, 7) is -1.55. The number of nitrogen functional groups attached to an aromatic ring is 1. The van der Waals surface area contributed by atoms with Crippen molar-refractivity contribution in [2.75, 3.05) is 18.9 Å². The second-order valence-corrected chi connectivity index (χ2v) is 14.0. The third-order valence-corrected chi connectivity index (χ3v) is 10.7. The van der Waals surface area contributed by atoms with Crippen molar-refractivity contribution in [2.24, 2.45) is 11.3 Å². The summed E-state index contributed by atoms with van der Waals surface area (Å²) in [7, 11) is -10.2. The van der Waals surface area contributed by atoms with Gasteiger partial charge in [0.25, 0.3) is 5.56 Å². The highest BCUT2D eigenvalue weighted by atomic mass is 31.2. The summed E-state index contributed by atoms with van der Waals surface area (Å²) in [5, 5.41) is 0. The van der Waals surface area contributed by atoms with Crippen LogP contribution in [0.5, 0.6) is 0 Å². The molecule has 2 aliphatic heterocycles. The molecule has 4 fully saturated rings. The number of alkyl halides is 2. The first kappa shape index (κ1) is 29.2. The van der Waals surface area contributed by atoms with Gasteiger partial charge in [-0.1, -0.05) is 0 Å². The number of H-pyrrole nitrogens is 1. The average Bonchev–Trinajstić information content (AvgIpc) is 3.27. The van der Waals surface area contributed by atoms with Crippen molar-refractivity contribution in [1.29, 1.82) is 0 Å². The number of aromatic amines is 1. The number of phosphoric acid groups is 2. The molecule has 2 aliphatic carbocycles. The predicted octanol–water partition coefficient (Wildman–Crippen LogP) is 0.694. The quantitative estimate of drug-likeness (QED) is 0.214. The summed E-state index contributed by atoms with van der Waals surface area (Å²) in [5.74, 6) is -0.581. The molecule has 45 heavy (non-hydrogen) atoms. The van der Waals surface area contributed by atoms with Gasteiger partial charge in [0, 0.05) is 5.41 Å². The zero-order chi connectivity index (χ0) is 31.5. The lowest BCUT2D eigenvalue weighted by atomic mass is 10.0. The van der Waals surface area contributed by atoms with Crippen LogP contribution in [0.1, 0.15) is 18.7 Å². The zero-order valence-electron chi connectivity index (χ0n) is 22.6. The van der Waals surface area contributed by atoms with Gasteiger partial charge in [0.2, 0.25) is 0 Å². The molecular formula is C22H23F2N9O10P2. The molecular weight excluding hydrogens is 650 g/mol. The lowest BCUT2D eigenvalue weighted by Gasteiger charge is -2.30. The Bertz CT molecular complexity index is 1990. The standard InChI is InChI=1S/C22H23F2N9O10P2/c23-10-14(32-6-30-12-17(25)26-4-27-18(12)32)8-1-22(8)3-40-45(37,38)42-15-9(2-39-44(35,36)43-16(10)22)41-21(11(15)24)33-7-31-13-19(33)28-5-29-20(13)34/h4-11,14-16,21H,1-3H2,(H,35,36)(H,37,38)(H2,25,26,27)(H,28,29,34)/t8-,9-,10+,11-,14-,15-,16+,21-,22?/m1/s1. The first-order valence-corrected chi connectivity index (χ1v) is 16.5. The molecule has 4 aliphatic rings. The summed E-state index contributed by atoms with van der Waals surface area (Å²) >= 11 is 0. The van der Waals surface area contributed by atoms with Crippen molar-refractivity contribution in [3.05, 3.63) is 35.7 Å². The number of hydrogen-bond donors (Lipinski definition) is 4. The van der Waals surface area contributed by atoms with E-state index in [1.54, 1.807) is 0 Å². The molecule has 0 radical (unpaired) electrons. The third kappa shape index (κ3) is 4.49. The molecule has 5 N–H and O–H groups in total. The topological polar surface area (TPSA) is 254 Å². The number of nitrogens with zero attached hydrogens (tertiary/aromatic N) is 7. The minimum Gasteiger partial charge on any atom is -0.382 e. The fourth-order valence-corrected chi connectivity index (χ4v) is 8.69. The first-order valence-electron chi connectivity index (χ1n) is 13.5. The van der Waals surface area contributed by atoms with E-state index in [9.17, 15) is 23.7 Å². The average molecular weight is 673 g/mol. The van der Waals surface area contributed by atoms with Crippen molar-refractivity contribution in [3.8, 4) is 0 Å². The predicted molar refractivity (Wildman–Crippen MR) is 142 cm³/mol. The van der Waals surface area contributed by atoms with Gasteiger partial charge in [-0.15, -0.1) is 0 Å². The number of nitrogens with two attached hydrogens (primary N) is 1. The van der Waals surface area contributed by atoms with Gasteiger partial charge in [-0.05, 0) is 12.3 Å².